The molecule has 1 N–H and O–H groups in total. The lowest BCUT2D eigenvalue weighted by atomic mass is 10.2. The smallest absolute Gasteiger partial charge is 0.336 e. The Bertz CT molecular complexity index is 1230. The summed E-state index contributed by atoms with van der Waals surface area (Å²) in [7, 11) is -3.82. The van der Waals surface area contributed by atoms with Gasteiger partial charge in [0, 0.05) is 17.1 Å². The Kier molecular flexibility index (Phi) is 3.32. The molecule has 120 valence electrons. The maximum absolute atomic E-state index is 12.7. The van der Waals surface area contributed by atoms with E-state index in [1.165, 1.54) is 18.2 Å². The molecular weight excluding hydrogens is 350 g/mol. The quantitative estimate of drug-likeness (QED) is 0.564. The van der Waals surface area contributed by atoms with Gasteiger partial charge in [0.25, 0.3) is 10.0 Å². The van der Waals surface area contributed by atoms with Crippen molar-refractivity contribution >= 4 is 49.4 Å². The standard InChI is InChI=1S/C15H9N3O4S2/c19-14-7-4-9-8-10(5-6-12(9)22-14)18-24(20,21)13-3-1-2-11-15(13)17-23-16-11/h1-8,18H. The molecule has 0 spiro atoms. The van der Waals surface area contributed by atoms with Gasteiger partial charge in [-0.1, -0.05) is 6.07 Å². The Balaban J connectivity index is 1.77. The average molecular weight is 359 g/mol. The number of anilines is 1. The topological polar surface area (TPSA) is 102 Å². The van der Waals surface area contributed by atoms with Gasteiger partial charge in [0.1, 0.15) is 21.5 Å². The van der Waals surface area contributed by atoms with E-state index in [2.05, 4.69) is 13.5 Å². The Labute approximate surface area is 139 Å². The van der Waals surface area contributed by atoms with Crippen molar-refractivity contribution in [3.05, 3.63) is 59.0 Å². The van der Waals surface area contributed by atoms with Crippen LogP contribution in [0.15, 0.2) is 62.6 Å². The normalized spacial score (nSPS) is 11.8. The molecule has 4 aromatic rings. The molecular formula is C15H9N3O4S2. The Morgan fingerprint density at radius 3 is 2.79 bits per heavy atom. The van der Waals surface area contributed by atoms with Crippen molar-refractivity contribution < 1.29 is 12.8 Å². The van der Waals surface area contributed by atoms with Gasteiger partial charge < -0.3 is 4.42 Å². The van der Waals surface area contributed by atoms with E-state index >= 15 is 0 Å². The summed E-state index contributed by atoms with van der Waals surface area (Å²) in [6, 6.07) is 12.3. The molecule has 2 aromatic carbocycles. The average Bonchev–Trinajstić information content (AvgIpc) is 3.03. The summed E-state index contributed by atoms with van der Waals surface area (Å²) in [6.07, 6.45) is 0. The van der Waals surface area contributed by atoms with Gasteiger partial charge in [-0.3, -0.25) is 4.72 Å². The van der Waals surface area contributed by atoms with E-state index in [0.29, 0.717) is 27.7 Å². The van der Waals surface area contributed by atoms with E-state index < -0.39 is 15.6 Å². The molecule has 0 saturated carbocycles. The third kappa shape index (κ3) is 2.53. The lowest BCUT2D eigenvalue weighted by Crippen LogP contribution is -2.13. The van der Waals surface area contributed by atoms with Crippen LogP contribution in [0.2, 0.25) is 0 Å². The lowest BCUT2D eigenvalue weighted by Gasteiger charge is -2.09. The number of nitrogens with one attached hydrogen (secondary N) is 1. The highest BCUT2D eigenvalue weighted by Crippen LogP contribution is 2.25. The van der Waals surface area contributed by atoms with Gasteiger partial charge in [-0.25, -0.2) is 13.2 Å². The minimum Gasteiger partial charge on any atom is -0.423 e. The van der Waals surface area contributed by atoms with Crippen LogP contribution in [0.5, 0.6) is 0 Å². The minimum atomic E-state index is -3.82. The van der Waals surface area contributed by atoms with E-state index in [1.54, 1.807) is 30.3 Å². The summed E-state index contributed by atoms with van der Waals surface area (Å²) in [4.78, 5) is 11.3. The Morgan fingerprint density at radius 1 is 1.04 bits per heavy atom. The number of hydrogen-bond acceptors (Lipinski definition) is 7. The van der Waals surface area contributed by atoms with Gasteiger partial charge in [0.05, 0.1) is 11.7 Å². The first kappa shape index (κ1) is 14.8. The molecule has 2 aromatic heterocycles. The number of sulfonamides is 1. The van der Waals surface area contributed by atoms with Crippen molar-refractivity contribution in [3.63, 3.8) is 0 Å². The van der Waals surface area contributed by atoms with Crippen LogP contribution in [0.25, 0.3) is 22.0 Å². The van der Waals surface area contributed by atoms with E-state index in [4.69, 9.17) is 4.42 Å². The molecule has 7 nitrogen and oxygen atoms in total. The van der Waals surface area contributed by atoms with Crippen LogP contribution in [0.4, 0.5) is 5.69 Å². The van der Waals surface area contributed by atoms with Gasteiger partial charge in [0.2, 0.25) is 0 Å². The predicted molar refractivity (Wildman–Crippen MR) is 90.7 cm³/mol. The fourth-order valence-electron chi connectivity index (χ4n) is 2.34. The molecule has 0 bridgehead atoms. The molecule has 0 aliphatic rings. The van der Waals surface area contributed by atoms with Crippen molar-refractivity contribution in [1.82, 2.24) is 8.75 Å². The van der Waals surface area contributed by atoms with Crippen molar-refractivity contribution in [2.45, 2.75) is 4.90 Å². The maximum Gasteiger partial charge on any atom is 0.336 e. The van der Waals surface area contributed by atoms with Crippen molar-refractivity contribution in [2.75, 3.05) is 4.72 Å². The van der Waals surface area contributed by atoms with Crippen LogP contribution in [-0.2, 0) is 10.0 Å². The zero-order valence-corrected chi connectivity index (χ0v) is 13.6. The summed E-state index contributed by atoms with van der Waals surface area (Å²) >= 11 is 0.958. The van der Waals surface area contributed by atoms with Gasteiger partial charge in [0.15, 0.2) is 0 Å². The highest BCUT2D eigenvalue weighted by molar-refractivity contribution is 7.93. The number of fused-ring (bicyclic) bond motifs is 2. The Morgan fingerprint density at radius 2 is 1.92 bits per heavy atom. The fraction of sp³-hybridized carbons (Fsp3) is 0. The molecule has 0 amide bonds. The number of benzene rings is 2. The van der Waals surface area contributed by atoms with Crippen LogP contribution in [0.3, 0.4) is 0 Å². The van der Waals surface area contributed by atoms with Gasteiger partial charge in [-0.15, -0.1) is 0 Å². The molecule has 0 fully saturated rings. The molecule has 0 aliphatic heterocycles. The molecule has 4 rings (SSSR count). The SMILES string of the molecule is O=c1ccc2cc(NS(=O)(=O)c3cccc4nsnc34)ccc2o1. The van der Waals surface area contributed by atoms with Crippen molar-refractivity contribution in [1.29, 1.82) is 0 Å². The number of hydrogen-bond donors (Lipinski definition) is 1. The largest absolute Gasteiger partial charge is 0.423 e. The first-order chi connectivity index (χ1) is 11.5. The number of rotatable bonds is 3. The third-order valence-electron chi connectivity index (χ3n) is 3.41. The van der Waals surface area contributed by atoms with Crippen LogP contribution >= 0.6 is 11.7 Å². The maximum atomic E-state index is 12.7. The highest BCUT2D eigenvalue weighted by Gasteiger charge is 2.19. The summed E-state index contributed by atoms with van der Waals surface area (Å²) in [5.41, 5.74) is 1.15. The monoisotopic (exact) mass is 359 g/mol. The van der Waals surface area contributed by atoms with Crippen molar-refractivity contribution in [2.24, 2.45) is 0 Å². The Hall–Kier alpha value is -2.78. The first-order valence-electron chi connectivity index (χ1n) is 6.81. The zero-order valence-electron chi connectivity index (χ0n) is 12.0. The molecule has 0 unspecified atom stereocenters. The van der Waals surface area contributed by atoms with E-state index in [-0.39, 0.29) is 4.90 Å². The third-order valence-corrected chi connectivity index (χ3v) is 5.37. The second kappa shape index (κ2) is 5.39. The summed E-state index contributed by atoms with van der Waals surface area (Å²) < 4.78 is 40.9. The van der Waals surface area contributed by atoms with Crippen LogP contribution in [0.1, 0.15) is 0 Å². The predicted octanol–water partition coefficient (Wildman–Crippen LogP) is 2.60. The number of aromatic nitrogens is 2. The first-order valence-corrected chi connectivity index (χ1v) is 9.02. The molecule has 2 heterocycles. The molecule has 0 radical (unpaired) electrons. The summed E-state index contributed by atoms with van der Waals surface area (Å²) in [5.74, 6) is 0. The minimum absolute atomic E-state index is 0.0634. The highest BCUT2D eigenvalue weighted by atomic mass is 32.2. The lowest BCUT2D eigenvalue weighted by molar-refractivity contribution is 0.561. The fourth-order valence-corrected chi connectivity index (χ4v) is 4.16. The molecule has 24 heavy (non-hydrogen) atoms. The second-order valence-corrected chi connectivity index (χ2v) is 7.18. The van der Waals surface area contributed by atoms with E-state index in [0.717, 1.165) is 11.7 Å². The van der Waals surface area contributed by atoms with Crippen molar-refractivity contribution in [3.8, 4) is 0 Å². The zero-order chi connectivity index (χ0) is 16.7. The number of nitrogens with zero attached hydrogens (tertiary/aromatic N) is 2. The molecule has 9 heteroatoms. The molecule has 0 aliphatic carbocycles. The molecule has 0 saturated heterocycles. The van der Waals surface area contributed by atoms with E-state index in [9.17, 15) is 13.2 Å². The second-order valence-electron chi connectivity index (χ2n) is 5.00. The van der Waals surface area contributed by atoms with Crippen LogP contribution in [0, 0.1) is 0 Å². The van der Waals surface area contributed by atoms with Gasteiger partial charge in [-0.05, 0) is 36.4 Å². The van der Waals surface area contributed by atoms with Gasteiger partial charge >= 0.3 is 5.63 Å². The van der Waals surface area contributed by atoms with Crippen LogP contribution < -0.4 is 10.3 Å². The van der Waals surface area contributed by atoms with Gasteiger partial charge in [-0.2, -0.15) is 8.75 Å². The summed E-state index contributed by atoms with van der Waals surface area (Å²) in [5, 5.41) is 0.614. The van der Waals surface area contributed by atoms with E-state index in [1.807, 2.05) is 0 Å². The van der Waals surface area contributed by atoms with Crippen LogP contribution in [-0.4, -0.2) is 17.2 Å². The summed E-state index contributed by atoms with van der Waals surface area (Å²) in [6.45, 7) is 0. The molecule has 0 atom stereocenters.